The van der Waals surface area contributed by atoms with Gasteiger partial charge in [-0.3, -0.25) is 4.79 Å². The molecule has 1 rings (SSSR count). The molecule has 0 spiro atoms. The topological polar surface area (TPSA) is 44.1 Å². The molecule has 1 amide bonds. The molecule has 3 nitrogen and oxygen atoms in total. The maximum atomic E-state index is 12.4. The first-order chi connectivity index (χ1) is 9.77. The van der Waals surface area contributed by atoms with Gasteiger partial charge in [0, 0.05) is 13.1 Å². The fourth-order valence-electron chi connectivity index (χ4n) is 1.88. The number of amides is 1. The van der Waals surface area contributed by atoms with Crippen molar-refractivity contribution in [3.05, 3.63) is 35.4 Å². The van der Waals surface area contributed by atoms with Crippen molar-refractivity contribution < 1.29 is 18.0 Å². The molecule has 1 unspecified atom stereocenters. The Morgan fingerprint density at radius 3 is 2.33 bits per heavy atom. The Kier molecular flexibility index (Phi) is 5.77. The van der Waals surface area contributed by atoms with E-state index in [0.29, 0.717) is 18.7 Å². The van der Waals surface area contributed by atoms with Gasteiger partial charge in [-0.05, 0) is 31.5 Å². The fourth-order valence-corrected chi connectivity index (χ4v) is 1.88. The third-order valence-corrected chi connectivity index (χ3v) is 3.09. The second-order valence-electron chi connectivity index (χ2n) is 4.83. The molecule has 0 bridgehead atoms. The highest BCUT2D eigenvalue weighted by atomic mass is 19.4. The third-order valence-electron chi connectivity index (χ3n) is 3.09. The van der Waals surface area contributed by atoms with E-state index in [0.717, 1.165) is 12.1 Å². The summed E-state index contributed by atoms with van der Waals surface area (Å²) in [7, 11) is 0. The van der Waals surface area contributed by atoms with Crippen molar-refractivity contribution in [2.75, 3.05) is 13.1 Å². The number of benzene rings is 1. The molecule has 0 heterocycles. The van der Waals surface area contributed by atoms with Crippen LogP contribution in [0.5, 0.6) is 0 Å². The van der Waals surface area contributed by atoms with Crippen LogP contribution in [0.4, 0.5) is 13.2 Å². The number of halogens is 3. The normalized spacial score (nSPS) is 12.6. The molecule has 1 atom stereocenters. The highest BCUT2D eigenvalue weighted by molar-refractivity contribution is 5.78. The molecule has 0 aliphatic heterocycles. The lowest BCUT2D eigenvalue weighted by Gasteiger charge is -2.22. The van der Waals surface area contributed by atoms with E-state index in [-0.39, 0.29) is 18.2 Å². The average Bonchev–Trinajstić information content (AvgIpc) is 2.43. The molecule has 0 aliphatic rings. The molecule has 0 saturated heterocycles. The summed E-state index contributed by atoms with van der Waals surface area (Å²) in [6.45, 7) is 4.31. The summed E-state index contributed by atoms with van der Waals surface area (Å²) < 4.78 is 37.3. The summed E-state index contributed by atoms with van der Waals surface area (Å²) in [5.41, 5.74) is -0.208. The number of likely N-dealkylation sites (N-methyl/N-ethyl adjacent to an activating group) is 1. The number of nitriles is 1. The second-order valence-corrected chi connectivity index (χ2v) is 4.83. The number of carbonyl (C=O) groups is 1. The zero-order chi connectivity index (χ0) is 16.0. The van der Waals surface area contributed by atoms with E-state index in [2.05, 4.69) is 6.07 Å². The van der Waals surface area contributed by atoms with Gasteiger partial charge in [-0.1, -0.05) is 12.1 Å². The Bertz CT molecular complexity index is 517. The standard InChI is InChI=1S/C15H17F3N2O/c1-3-20(10-11(2)9-19)14(21)8-12-4-6-13(7-5-12)15(16,17)18/h4-7,11H,3,8,10H2,1-2H3. The van der Waals surface area contributed by atoms with E-state index in [1.165, 1.54) is 17.0 Å². The summed E-state index contributed by atoms with van der Waals surface area (Å²) >= 11 is 0. The van der Waals surface area contributed by atoms with Gasteiger partial charge in [-0.15, -0.1) is 0 Å². The molecule has 0 radical (unpaired) electrons. The summed E-state index contributed by atoms with van der Waals surface area (Å²) in [6.07, 6.45) is -4.34. The van der Waals surface area contributed by atoms with Crippen LogP contribution in [0.3, 0.4) is 0 Å². The van der Waals surface area contributed by atoms with Crippen LogP contribution in [0.1, 0.15) is 25.0 Å². The van der Waals surface area contributed by atoms with Crippen molar-refractivity contribution >= 4 is 5.91 Å². The Labute approximate surface area is 122 Å². The summed E-state index contributed by atoms with van der Waals surface area (Å²) in [6, 6.07) is 6.61. The Morgan fingerprint density at radius 2 is 1.90 bits per heavy atom. The van der Waals surface area contributed by atoms with E-state index in [1.54, 1.807) is 13.8 Å². The SMILES string of the molecule is CCN(CC(C)C#N)C(=O)Cc1ccc(C(F)(F)F)cc1. The monoisotopic (exact) mass is 298 g/mol. The van der Waals surface area contributed by atoms with Gasteiger partial charge in [0.25, 0.3) is 0 Å². The lowest BCUT2D eigenvalue weighted by Crippen LogP contribution is -2.35. The Hall–Kier alpha value is -2.03. The number of nitrogens with zero attached hydrogens (tertiary/aromatic N) is 2. The van der Waals surface area contributed by atoms with Gasteiger partial charge in [0.1, 0.15) is 0 Å². The zero-order valence-electron chi connectivity index (χ0n) is 11.9. The number of hydrogen-bond donors (Lipinski definition) is 0. The predicted molar refractivity (Wildman–Crippen MR) is 72.2 cm³/mol. The van der Waals surface area contributed by atoms with Gasteiger partial charge in [0.2, 0.25) is 5.91 Å². The van der Waals surface area contributed by atoms with Crippen LogP contribution in [0.25, 0.3) is 0 Å². The van der Waals surface area contributed by atoms with Crippen LogP contribution in [-0.2, 0) is 17.4 Å². The maximum Gasteiger partial charge on any atom is 0.416 e. The third kappa shape index (κ3) is 5.10. The molecule has 0 aromatic heterocycles. The molecule has 0 N–H and O–H groups in total. The Morgan fingerprint density at radius 1 is 1.33 bits per heavy atom. The fraction of sp³-hybridized carbons (Fsp3) is 0.467. The van der Waals surface area contributed by atoms with Crippen molar-refractivity contribution in [2.45, 2.75) is 26.4 Å². The first-order valence-electron chi connectivity index (χ1n) is 6.61. The largest absolute Gasteiger partial charge is 0.416 e. The van der Waals surface area contributed by atoms with Crippen molar-refractivity contribution in [3.8, 4) is 6.07 Å². The van der Waals surface area contributed by atoms with Crippen molar-refractivity contribution in [1.29, 1.82) is 5.26 Å². The summed E-state index contributed by atoms with van der Waals surface area (Å²) in [4.78, 5) is 13.6. The molecule has 0 aliphatic carbocycles. The Balaban J connectivity index is 2.72. The van der Waals surface area contributed by atoms with Gasteiger partial charge in [0.15, 0.2) is 0 Å². The van der Waals surface area contributed by atoms with Gasteiger partial charge in [-0.2, -0.15) is 18.4 Å². The molecule has 6 heteroatoms. The molecular weight excluding hydrogens is 281 g/mol. The van der Waals surface area contributed by atoms with Gasteiger partial charge in [0.05, 0.1) is 24.0 Å². The molecule has 1 aromatic rings. The van der Waals surface area contributed by atoms with Crippen LogP contribution in [-0.4, -0.2) is 23.9 Å². The van der Waals surface area contributed by atoms with Crippen LogP contribution in [0.2, 0.25) is 0 Å². The number of rotatable bonds is 5. The summed E-state index contributed by atoms with van der Waals surface area (Å²) in [5, 5.41) is 8.76. The summed E-state index contributed by atoms with van der Waals surface area (Å²) in [5.74, 6) is -0.471. The quantitative estimate of drug-likeness (QED) is 0.837. The molecule has 114 valence electrons. The minimum atomic E-state index is -4.37. The van der Waals surface area contributed by atoms with E-state index in [1.807, 2.05) is 0 Å². The molecular formula is C15H17F3N2O. The van der Waals surface area contributed by atoms with Gasteiger partial charge < -0.3 is 4.90 Å². The highest BCUT2D eigenvalue weighted by Crippen LogP contribution is 2.29. The van der Waals surface area contributed by atoms with Crippen molar-refractivity contribution in [2.24, 2.45) is 5.92 Å². The van der Waals surface area contributed by atoms with Crippen LogP contribution >= 0.6 is 0 Å². The van der Waals surface area contributed by atoms with E-state index >= 15 is 0 Å². The maximum absolute atomic E-state index is 12.4. The molecule has 1 aromatic carbocycles. The highest BCUT2D eigenvalue weighted by Gasteiger charge is 2.30. The lowest BCUT2D eigenvalue weighted by atomic mass is 10.1. The zero-order valence-corrected chi connectivity index (χ0v) is 11.9. The van der Waals surface area contributed by atoms with Crippen molar-refractivity contribution in [3.63, 3.8) is 0 Å². The smallest absolute Gasteiger partial charge is 0.341 e. The first kappa shape index (κ1) is 17.0. The number of carbonyl (C=O) groups excluding carboxylic acids is 1. The molecule has 21 heavy (non-hydrogen) atoms. The van der Waals surface area contributed by atoms with Crippen molar-refractivity contribution in [1.82, 2.24) is 4.90 Å². The van der Waals surface area contributed by atoms with Crippen LogP contribution < -0.4 is 0 Å². The number of hydrogen-bond acceptors (Lipinski definition) is 2. The predicted octanol–water partition coefficient (Wildman–Crippen LogP) is 3.26. The molecule has 0 fully saturated rings. The minimum Gasteiger partial charge on any atom is -0.341 e. The van der Waals surface area contributed by atoms with E-state index < -0.39 is 11.7 Å². The molecule has 0 saturated carbocycles. The van der Waals surface area contributed by atoms with Gasteiger partial charge >= 0.3 is 6.18 Å². The van der Waals surface area contributed by atoms with E-state index in [4.69, 9.17) is 5.26 Å². The minimum absolute atomic E-state index is 0.0319. The first-order valence-corrected chi connectivity index (χ1v) is 6.61. The second kappa shape index (κ2) is 7.11. The number of alkyl halides is 3. The van der Waals surface area contributed by atoms with Crippen LogP contribution in [0, 0.1) is 17.2 Å². The van der Waals surface area contributed by atoms with E-state index in [9.17, 15) is 18.0 Å². The lowest BCUT2D eigenvalue weighted by molar-refractivity contribution is -0.137. The van der Waals surface area contributed by atoms with Gasteiger partial charge in [-0.25, -0.2) is 0 Å². The van der Waals surface area contributed by atoms with Crippen LogP contribution in [0.15, 0.2) is 24.3 Å². The average molecular weight is 298 g/mol.